The van der Waals surface area contributed by atoms with Crippen molar-refractivity contribution in [2.75, 3.05) is 20.2 Å². The van der Waals surface area contributed by atoms with Crippen LogP contribution in [0.3, 0.4) is 0 Å². The zero-order valence-electron chi connectivity index (χ0n) is 10.5. The number of ether oxygens (including phenoxy) is 1. The summed E-state index contributed by atoms with van der Waals surface area (Å²) >= 11 is 0. The van der Waals surface area contributed by atoms with Gasteiger partial charge in [-0.2, -0.15) is 0 Å². The molecule has 1 aliphatic heterocycles. The van der Waals surface area contributed by atoms with Gasteiger partial charge in [-0.15, -0.1) is 0 Å². The molecule has 2 N–H and O–H groups in total. The monoisotopic (exact) mass is 226 g/mol. The average molecular weight is 226 g/mol. The van der Waals surface area contributed by atoms with Crippen molar-refractivity contribution in [3.63, 3.8) is 0 Å². The summed E-state index contributed by atoms with van der Waals surface area (Å²) in [6.45, 7) is 2.41. The predicted molar refractivity (Wildman–Crippen MR) is 66.7 cm³/mol. The van der Waals surface area contributed by atoms with Gasteiger partial charge in [0.25, 0.3) is 0 Å². The number of hydrogen-bond acceptors (Lipinski definition) is 3. The number of rotatable bonds is 6. The Kier molecular flexibility index (Phi) is 5.07. The van der Waals surface area contributed by atoms with Gasteiger partial charge in [0.1, 0.15) is 0 Å². The van der Waals surface area contributed by atoms with E-state index in [1.54, 1.807) is 0 Å². The molecule has 16 heavy (non-hydrogen) atoms. The molecule has 1 unspecified atom stereocenters. The fraction of sp³-hybridized carbons (Fsp3) is 1.00. The second kappa shape index (κ2) is 6.58. The van der Waals surface area contributed by atoms with Gasteiger partial charge in [0, 0.05) is 19.2 Å². The van der Waals surface area contributed by atoms with E-state index in [-0.39, 0.29) is 0 Å². The fourth-order valence-corrected chi connectivity index (χ4v) is 2.75. The molecule has 0 radical (unpaired) electrons. The lowest BCUT2D eigenvalue weighted by Gasteiger charge is -2.35. The van der Waals surface area contributed by atoms with Crippen molar-refractivity contribution in [2.24, 2.45) is 0 Å². The van der Waals surface area contributed by atoms with Gasteiger partial charge in [-0.1, -0.05) is 6.42 Å². The number of nitrogens with one attached hydrogen (secondary N) is 2. The molecular formula is C13H26N2O. The Balaban J connectivity index is 1.43. The van der Waals surface area contributed by atoms with Gasteiger partial charge in [-0.3, -0.25) is 0 Å². The molecule has 1 aliphatic carbocycles. The zero-order valence-corrected chi connectivity index (χ0v) is 10.5. The molecule has 1 saturated heterocycles. The summed E-state index contributed by atoms with van der Waals surface area (Å²) in [5.41, 5.74) is 0. The first kappa shape index (κ1) is 12.3. The predicted octanol–water partition coefficient (Wildman–Crippen LogP) is 1.68. The van der Waals surface area contributed by atoms with Crippen molar-refractivity contribution in [1.82, 2.24) is 10.6 Å². The Bertz CT molecular complexity index is 186. The van der Waals surface area contributed by atoms with Crippen LogP contribution in [0.1, 0.15) is 44.9 Å². The van der Waals surface area contributed by atoms with E-state index < -0.39 is 0 Å². The van der Waals surface area contributed by atoms with E-state index in [0.29, 0.717) is 6.10 Å². The summed E-state index contributed by atoms with van der Waals surface area (Å²) in [7, 11) is 1.82. The highest BCUT2D eigenvalue weighted by Crippen LogP contribution is 2.22. The number of methoxy groups -OCH3 is 1. The van der Waals surface area contributed by atoms with Crippen LogP contribution in [0.5, 0.6) is 0 Å². The molecule has 94 valence electrons. The number of piperidine rings is 1. The van der Waals surface area contributed by atoms with E-state index in [9.17, 15) is 0 Å². The molecule has 1 heterocycles. The van der Waals surface area contributed by atoms with Gasteiger partial charge in [0.05, 0.1) is 6.10 Å². The molecule has 2 aliphatic rings. The normalized spacial score (nSPS) is 34.7. The molecule has 0 spiro atoms. The van der Waals surface area contributed by atoms with E-state index in [1.807, 2.05) is 7.11 Å². The van der Waals surface area contributed by atoms with Gasteiger partial charge >= 0.3 is 0 Å². The summed E-state index contributed by atoms with van der Waals surface area (Å²) in [5, 5.41) is 7.22. The summed E-state index contributed by atoms with van der Waals surface area (Å²) in [6.07, 6.45) is 9.76. The first-order valence-electron chi connectivity index (χ1n) is 6.88. The van der Waals surface area contributed by atoms with Crippen LogP contribution in [-0.2, 0) is 4.74 Å². The largest absolute Gasteiger partial charge is 0.381 e. The topological polar surface area (TPSA) is 33.3 Å². The van der Waals surface area contributed by atoms with Crippen molar-refractivity contribution >= 4 is 0 Å². The molecule has 1 atom stereocenters. The third-order valence-electron chi connectivity index (χ3n) is 4.00. The van der Waals surface area contributed by atoms with Crippen LogP contribution in [0.4, 0.5) is 0 Å². The summed E-state index contributed by atoms with van der Waals surface area (Å²) in [4.78, 5) is 0. The molecule has 0 aromatic heterocycles. The lowest BCUT2D eigenvalue weighted by Crippen LogP contribution is -2.45. The molecule has 2 fully saturated rings. The SMILES string of the molecule is COC1CC(NCCCC2CCCCN2)C1. The van der Waals surface area contributed by atoms with Gasteiger partial charge in [-0.25, -0.2) is 0 Å². The first-order chi connectivity index (χ1) is 7.88. The highest BCUT2D eigenvalue weighted by molar-refractivity contribution is 4.85. The van der Waals surface area contributed by atoms with Crippen LogP contribution in [0.25, 0.3) is 0 Å². The van der Waals surface area contributed by atoms with E-state index in [1.165, 1.54) is 58.0 Å². The fourth-order valence-electron chi connectivity index (χ4n) is 2.75. The van der Waals surface area contributed by atoms with Crippen LogP contribution >= 0.6 is 0 Å². The smallest absolute Gasteiger partial charge is 0.0601 e. The lowest BCUT2D eigenvalue weighted by molar-refractivity contribution is 0.0174. The number of hydrogen-bond donors (Lipinski definition) is 2. The quantitative estimate of drug-likeness (QED) is 0.676. The Morgan fingerprint density at radius 2 is 2.19 bits per heavy atom. The average Bonchev–Trinajstić information content (AvgIpc) is 2.28. The van der Waals surface area contributed by atoms with E-state index in [4.69, 9.17) is 4.74 Å². The first-order valence-corrected chi connectivity index (χ1v) is 6.88. The second-order valence-corrected chi connectivity index (χ2v) is 5.27. The molecule has 0 bridgehead atoms. The van der Waals surface area contributed by atoms with Crippen LogP contribution < -0.4 is 10.6 Å². The minimum absolute atomic E-state index is 0.525. The molecule has 0 amide bonds. The van der Waals surface area contributed by atoms with Crippen molar-refractivity contribution in [3.05, 3.63) is 0 Å². The van der Waals surface area contributed by atoms with Gasteiger partial charge in [0.15, 0.2) is 0 Å². The lowest BCUT2D eigenvalue weighted by atomic mass is 9.89. The highest BCUT2D eigenvalue weighted by atomic mass is 16.5. The Morgan fingerprint density at radius 1 is 1.31 bits per heavy atom. The molecule has 0 aromatic rings. The van der Waals surface area contributed by atoms with Gasteiger partial charge < -0.3 is 15.4 Å². The Labute approximate surface area is 99.3 Å². The van der Waals surface area contributed by atoms with Crippen molar-refractivity contribution in [2.45, 2.75) is 63.1 Å². The van der Waals surface area contributed by atoms with E-state index in [0.717, 1.165) is 12.1 Å². The minimum Gasteiger partial charge on any atom is -0.381 e. The third kappa shape index (κ3) is 3.72. The maximum atomic E-state index is 5.27. The van der Waals surface area contributed by atoms with Crippen molar-refractivity contribution in [1.29, 1.82) is 0 Å². The Morgan fingerprint density at radius 3 is 2.88 bits per heavy atom. The molecule has 3 nitrogen and oxygen atoms in total. The van der Waals surface area contributed by atoms with Gasteiger partial charge in [-0.05, 0) is 51.6 Å². The van der Waals surface area contributed by atoms with E-state index >= 15 is 0 Å². The summed E-state index contributed by atoms with van der Waals surface area (Å²) in [5.74, 6) is 0. The molecule has 0 aromatic carbocycles. The maximum Gasteiger partial charge on any atom is 0.0601 e. The van der Waals surface area contributed by atoms with Crippen LogP contribution in [-0.4, -0.2) is 38.4 Å². The minimum atomic E-state index is 0.525. The summed E-state index contributed by atoms with van der Waals surface area (Å²) in [6, 6.07) is 1.52. The van der Waals surface area contributed by atoms with Crippen LogP contribution in [0.15, 0.2) is 0 Å². The van der Waals surface area contributed by atoms with Crippen molar-refractivity contribution in [3.8, 4) is 0 Å². The molecular weight excluding hydrogens is 200 g/mol. The molecule has 2 rings (SSSR count). The molecule has 1 saturated carbocycles. The third-order valence-corrected chi connectivity index (χ3v) is 4.00. The Hall–Kier alpha value is -0.120. The van der Waals surface area contributed by atoms with Crippen LogP contribution in [0, 0.1) is 0 Å². The van der Waals surface area contributed by atoms with Gasteiger partial charge in [0.2, 0.25) is 0 Å². The second-order valence-electron chi connectivity index (χ2n) is 5.27. The maximum absolute atomic E-state index is 5.27. The summed E-state index contributed by atoms with van der Waals surface area (Å²) < 4.78 is 5.27. The van der Waals surface area contributed by atoms with E-state index in [2.05, 4.69) is 10.6 Å². The van der Waals surface area contributed by atoms with Crippen molar-refractivity contribution < 1.29 is 4.74 Å². The standard InChI is InChI=1S/C13H26N2O/c1-16-13-9-12(10-13)15-8-4-6-11-5-2-3-7-14-11/h11-15H,2-10H2,1H3. The molecule has 3 heteroatoms. The highest BCUT2D eigenvalue weighted by Gasteiger charge is 2.27. The zero-order chi connectivity index (χ0) is 11.2. The van der Waals surface area contributed by atoms with Crippen LogP contribution in [0.2, 0.25) is 0 Å².